The van der Waals surface area contributed by atoms with E-state index in [-0.39, 0.29) is 11.7 Å². The lowest BCUT2D eigenvalue weighted by Gasteiger charge is -2.18. The summed E-state index contributed by atoms with van der Waals surface area (Å²) in [6.45, 7) is 2.05. The molecule has 0 aliphatic heterocycles. The van der Waals surface area contributed by atoms with E-state index in [1.165, 1.54) is 23.5 Å². The van der Waals surface area contributed by atoms with Crippen LogP contribution in [0.1, 0.15) is 28.4 Å². The molecular formula is C26H23FN4O2S. The first-order valence-electron chi connectivity index (χ1n) is 10.9. The number of rotatable bonds is 8. The van der Waals surface area contributed by atoms with Gasteiger partial charge in [0, 0.05) is 17.5 Å². The molecule has 0 saturated carbocycles. The highest BCUT2D eigenvalue weighted by atomic mass is 32.1. The van der Waals surface area contributed by atoms with E-state index in [9.17, 15) is 14.0 Å². The van der Waals surface area contributed by atoms with Crippen LogP contribution in [0.3, 0.4) is 0 Å². The summed E-state index contributed by atoms with van der Waals surface area (Å²) in [5.41, 5.74) is 3.22. The van der Waals surface area contributed by atoms with Crippen LogP contribution in [-0.4, -0.2) is 28.1 Å². The second kappa shape index (κ2) is 10.8. The third-order valence-electron chi connectivity index (χ3n) is 5.28. The van der Waals surface area contributed by atoms with Crippen LogP contribution in [0.25, 0.3) is 10.6 Å². The number of aromatic nitrogens is 2. The van der Waals surface area contributed by atoms with E-state index in [2.05, 4.69) is 20.8 Å². The van der Waals surface area contributed by atoms with E-state index < -0.39 is 11.9 Å². The first kappa shape index (κ1) is 23.3. The van der Waals surface area contributed by atoms with Crippen molar-refractivity contribution in [1.29, 1.82) is 0 Å². The first-order chi connectivity index (χ1) is 16.5. The highest BCUT2D eigenvalue weighted by Gasteiger charge is 2.23. The van der Waals surface area contributed by atoms with Gasteiger partial charge in [-0.3, -0.25) is 14.9 Å². The van der Waals surface area contributed by atoms with Crippen molar-refractivity contribution in [3.05, 3.63) is 101 Å². The maximum Gasteiger partial charge on any atom is 0.251 e. The minimum Gasteiger partial charge on any atom is -0.340 e. The Morgan fingerprint density at radius 1 is 0.912 bits per heavy atom. The summed E-state index contributed by atoms with van der Waals surface area (Å²) in [7, 11) is 0. The van der Waals surface area contributed by atoms with Crippen LogP contribution in [-0.2, 0) is 17.6 Å². The molecule has 1 aromatic heterocycles. The Morgan fingerprint density at radius 2 is 1.62 bits per heavy atom. The summed E-state index contributed by atoms with van der Waals surface area (Å²) in [5.74, 6) is -1.07. The van der Waals surface area contributed by atoms with Crippen molar-refractivity contribution in [1.82, 2.24) is 15.5 Å². The Kier molecular flexibility index (Phi) is 7.39. The van der Waals surface area contributed by atoms with Crippen molar-refractivity contribution in [2.45, 2.75) is 25.8 Å². The minimum atomic E-state index is -0.820. The molecule has 0 fully saturated rings. The van der Waals surface area contributed by atoms with Gasteiger partial charge in [0.1, 0.15) is 16.9 Å². The number of benzene rings is 3. The van der Waals surface area contributed by atoms with Gasteiger partial charge < -0.3 is 5.32 Å². The van der Waals surface area contributed by atoms with Gasteiger partial charge >= 0.3 is 0 Å². The molecule has 34 heavy (non-hydrogen) atoms. The first-order valence-corrected chi connectivity index (χ1v) is 11.7. The lowest BCUT2D eigenvalue weighted by atomic mass is 10.0. The third-order valence-corrected chi connectivity index (χ3v) is 6.16. The average Bonchev–Trinajstić information content (AvgIpc) is 3.33. The summed E-state index contributed by atoms with van der Waals surface area (Å²) in [6.07, 6.45) is 1.19. The topological polar surface area (TPSA) is 84.0 Å². The summed E-state index contributed by atoms with van der Waals surface area (Å²) in [4.78, 5) is 26.0. The molecule has 4 aromatic rings. The lowest BCUT2D eigenvalue weighted by Crippen LogP contribution is -2.45. The number of anilines is 1. The highest BCUT2D eigenvalue weighted by molar-refractivity contribution is 7.18. The van der Waals surface area contributed by atoms with E-state index in [0.717, 1.165) is 17.5 Å². The number of carbonyl (C=O) groups excluding carboxylic acids is 2. The van der Waals surface area contributed by atoms with Gasteiger partial charge in [0.15, 0.2) is 0 Å². The van der Waals surface area contributed by atoms with Crippen LogP contribution < -0.4 is 10.6 Å². The second-order valence-corrected chi connectivity index (χ2v) is 8.65. The highest BCUT2D eigenvalue weighted by Crippen LogP contribution is 2.26. The standard InChI is InChI=1S/C26H23FN4O2S/c1-2-17-8-10-19(11-9-17)23(32)28-22(16-18-6-4-3-5-7-18)24(33)29-26-31-30-25(34-26)20-12-14-21(27)15-13-20/h3-15,22H,2,16H2,1H3,(H,28,32)(H,29,31,33)/t22-/m1/s1. The summed E-state index contributed by atoms with van der Waals surface area (Å²) in [6, 6.07) is 21.8. The molecule has 3 aromatic carbocycles. The average molecular weight is 475 g/mol. The Morgan fingerprint density at radius 3 is 2.29 bits per heavy atom. The molecule has 6 nitrogen and oxygen atoms in total. The lowest BCUT2D eigenvalue weighted by molar-refractivity contribution is -0.118. The van der Waals surface area contributed by atoms with Crippen LogP contribution in [0.15, 0.2) is 78.9 Å². The zero-order valence-electron chi connectivity index (χ0n) is 18.5. The quantitative estimate of drug-likeness (QED) is 0.381. The van der Waals surface area contributed by atoms with Crippen molar-refractivity contribution in [3.8, 4) is 10.6 Å². The molecule has 2 amide bonds. The third kappa shape index (κ3) is 5.90. The Balaban J connectivity index is 1.50. The zero-order valence-corrected chi connectivity index (χ0v) is 19.3. The Labute approximate surface area is 200 Å². The number of carbonyl (C=O) groups is 2. The Bertz CT molecular complexity index is 1260. The molecule has 0 aliphatic carbocycles. The number of aryl methyl sites for hydroxylation is 1. The molecule has 0 bridgehead atoms. The van der Waals surface area contributed by atoms with Crippen LogP contribution >= 0.6 is 11.3 Å². The van der Waals surface area contributed by atoms with Crippen molar-refractivity contribution >= 4 is 28.3 Å². The molecule has 8 heteroatoms. The number of amides is 2. The molecule has 172 valence electrons. The van der Waals surface area contributed by atoms with Crippen molar-refractivity contribution in [2.24, 2.45) is 0 Å². The molecule has 1 atom stereocenters. The van der Waals surface area contributed by atoms with E-state index in [1.807, 2.05) is 49.4 Å². The van der Waals surface area contributed by atoms with Crippen LogP contribution in [0, 0.1) is 5.82 Å². The molecule has 1 heterocycles. The van der Waals surface area contributed by atoms with E-state index in [1.54, 1.807) is 24.3 Å². The van der Waals surface area contributed by atoms with Crippen LogP contribution in [0.2, 0.25) is 0 Å². The molecule has 0 aliphatic rings. The molecule has 0 saturated heterocycles. The molecule has 0 radical (unpaired) electrons. The number of nitrogens with one attached hydrogen (secondary N) is 2. The fourth-order valence-corrected chi connectivity index (χ4v) is 4.12. The summed E-state index contributed by atoms with van der Waals surface area (Å²) >= 11 is 1.17. The monoisotopic (exact) mass is 474 g/mol. The molecule has 2 N–H and O–H groups in total. The van der Waals surface area contributed by atoms with Gasteiger partial charge in [-0.05, 0) is 53.9 Å². The van der Waals surface area contributed by atoms with Crippen LogP contribution in [0.4, 0.5) is 9.52 Å². The maximum absolute atomic E-state index is 13.2. The number of halogens is 1. The van der Waals surface area contributed by atoms with Gasteiger partial charge in [0.05, 0.1) is 0 Å². The van der Waals surface area contributed by atoms with Gasteiger partial charge in [0.2, 0.25) is 11.0 Å². The SMILES string of the molecule is CCc1ccc(C(=O)N[C@H](Cc2ccccc2)C(=O)Nc2nnc(-c3ccc(F)cc3)s2)cc1. The van der Waals surface area contributed by atoms with Gasteiger partial charge in [-0.2, -0.15) is 0 Å². The largest absolute Gasteiger partial charge is 0.340 e. The smallest absolute Gasteiger partial charge is 0.251 e. The van der Waals surface area contributed by atoms with E-state index in [4.69, 9.17) is 0 Å². The van der Waals surface area contributed by atoms with Gasteiger partial charge in [-0.1, -0.05) is 60.7 Å². The predicted molar refractivity (Wildman–Crippen MR) is 131 cm³/mol. The van der Waals surface area contributed by atoms with E-state index in [0.29, 0.717) is 27.7 Å². The summed E-state index contributed by atoms with van der Waals surface area (Å²) < 4.78 is 13.2. The number of nitrogens with zero attached hydrogens (tertiary/aromatic N) is 2. The summed E-state index contributed by atoms with van der Waals surface area (Å²) in [5, 5.41) is 14.6. The predicted octanol–water partition coefficient (Wildman–Crippen LogP) is 4.89. The number of hydrogen-bond acceptors (Lipinski definition) is 5. The second-order valence-electron chi connectivity index (χ2n) is 7.67. The van der Waals surface area contributed by atoms with Gasteiger partial charge in [0.25, 0.3) is 5.91 Å². The molecule has 0 unspecified atom stereocenters. The van der Waals surface area contributed by atoms with Crippen LogP contribution in [0.5, 0.6) is 0 Å². The fraction of sp³-hybridized carbons (Fsp3) is 0.154. The normalized spacial score (nSPS) is 11.6. The van der Waals surface area contributed by atoms with Crippen molar-refractivity contribution in [2.75, 3.05) is 5.32 Å². The minimum absolute atomic E-state index is 0.295. The number of hydrogen-bond donors (Lipinski definition) is 2. The molecule has 0 spiro atoms. The molecular weight excluding hydrogens is 451 g/mol. The van der Waals surface area contributed by atoms with E-state index >= 15 is 0 Å². The van der Waals surface area contributed by atoms with Gasteiger partial charge in [-0.25, -0.2) is 4.39 Å². The molecule has 4 rings (SSSR count). The Hall–Kier alpha value is -3.91. The fourth-order valence-electron chi connectivity index (χ4n) is 3.37. The maximum atomic E-state index is 13.2. The van der Waals surface area contributed by atoms with Crippen molar-refractivity contribution < 1.29 is 14.0 Å². The zero-order chi connectivity index (χ0) is 23.9. The van der Waals surface area contributed by atoms with Gasteiger partial charge in [-0.15, -0.1) is 10.2 Å². The van der Waals surface area contributed by atoms with Crippen molar-refractivity contribution in [3.63, 3.8) is 0 Å².